The lowest BCUT2D eigenvalue weighted by atomic mass is 10.1. The van der Waals surface area contributed by atoms with Gasteiger partial charge in [-0.2, -0.15) is 0 Å². The number of nitrogens with zero attached hydrogens (tertiary/aromatic N) is 1. The first-order chi connectivity index (χ1) is 12.2. The number of ketones is 1. The number of methoxy groups -OCH3 is 2. The molecule has 1 atom stereocenters. The van der Waals surface area contributed by atoms with Crippen molar-refractivity contribution in [3.8, 4) is 11.5 Å². The molecule has 1 aliphatic heterocycles. The summed E-state index contributed by atoms with van der Waals surface area (Å²) in [5.74, 6) is 1.09. The van der Waals surface area contributed by atoms with E-state index < -0.39 is 11.7 Å². The molecule has 144 valence electrons. The van der Waals surface area contributed by atoms with Crippen LogP contribution in [0.3, 0.4) is 0 Å². The minimum atomic E-state index is -0.527. The van der Waals surface area contributed by atoms with Crippen molar-refractivity contribution in [3.05, 3.63) is 23.8 Å². The van der Waals surface area contributed by atoms with Gasteiger partial charge in [0.1, 0.15) is 17.1 Å². The zero-order chi connectivity index (χ0) is 19.3. The Hall–Kier alpha value is -2.28. The fraction of sp³-hybridized carbons (Fsp3) is 0.579. The van der Waals surface area contributed by atoms with Gasteiger partial charge in [0.2, 0.25) is 0 Å². The minimum absolute atomic E-state index is 0.0233. The zero-order valence-corrected chi connectivity index (χ0v) is 16.1. The molecule has 0 saturated carbocycles. The van der Waals surface area contributed by atoms with Crippen LogP contribution in [0.2, 0.25) is 0 Å². The van der Waals surface area contributed by atoms with Gasteiger partial charge >= 0.3 is 6.09 Å². The Morgan fingerprint density at radius 1 is 1.23 bits per heavy atom. The van der Waals surface area contributed by atoms with Crippen LogP contribution >= 0.6 is 0 Å². The van der Waals surface area contributed by atoms with Gasteiger partial charge in [-0.3, -0.25) is 9.69 Å². The van der Waals surface area contributed by atoms with E-state index in [1.165, 1.54) is 7.11 Å². The molecular formula is C19H28N2O5. The lowest BCUT2D eigenvalue weighted by Gasteiger charge is -2.22. The van der Waals surface area contributed by atoms with E-state index in [2.05, 4.69) is 5.32 Å². The maximum Gasteiger partial charge on any atom is 0.407 e. The number of ether oxygens (including phenoxy) is 3. The van der Waals surface area contributed by atoms with Gasteiger partial charge < -0.3 is 19.5 Å². The van der Waals surface area contributed by atoms with Gasteiger partial charge in [0.05, 0.1) is 26.3 Å². The van der Waals surface area contributed by atoms with Crippen LogP contribution < -0.4 is 14.8 Å². The first-order valence-corrected chi connectivity index (χ1v) is 8.69. The molecule has 2 rings (SSSR count). The molecule has 0 aromatic heterocycles. The number of hydrogen-bond donors (Lipinski definition) is 1. The van der Waals surface area contributed by atoms with E-state index in [1.54, 1.807) is 25.3 Å². The maximum absolute atomic E-state index is 12.7. The fourth-order valence-electron chi connectivity index (χ4n) is 2.89. The number of Topliss-reactive ketones (excluding diaryl/α,β-unsaturated/α-hetero) is 1. The number of nitrogens with one attached hydrogen (secondary N) is 1. The van der Waals surface area contributed by atoms with Crippen LogP contribution in [0.4, 0.5) is 4.79 Å². The monoisotopic (exact) mass is 364 g/mol. The number of carbonyl (C=O) groups is 2. The minimum Gasteiger partial charge on any atom is -0.497 e. The van der Waals surface area contributed by atoms with E-state index in [4.69, 9.17) is 14.2 Å². The molecule has 1 aromatic carbocycles. The van der Waals surface area contributed by atoms with Crippen molar-refractivity contribution in [1.29, 1.82) is 0 Å². The highest BCUT2D eigenvalue weighted by atomic mass is 16.6. The largest absolute Gasteiger partial charge is 0.497 e. The molecule has 7 heteroatoms. The topological polar surface area (TPSA) is 77.1 Å². The van der Waals surface area contributed by atoms with E-state index in [-0.39, 0.29) is 18.4 Å². The lowest BCUT2D eigenvalue weighted by molar-refractivity contribution is 0.0506. The van der Waals surface area contributed by atoms with Crippen LogP contribution in [0.15, 0.2) is 18.2 Å². The maximum atomic E-state index is 12.7. The Bertz CT molecular complexity index is 654. The molecule has 1 N–H and O–H groups in total. The first-order valence-electron chi connectivity index (χ1n) is 8.69. The molecule has 1 aromatic rings. The summed E-state index contributed by atoms with van der Waals surface area (Å²) in [5.41, 5.74) is -0.0308. The average Bonchev–Trinajstić information content (AvgIpc) is 2.98. The van der Waals surface area contributed by atoms with Crippen molar-refractivity contribution in [2.75, 3.05) is 33.9 Å². The standard InChI is InChI=1S/C19H28N2O5/c1-19(2,3)26-18(23)20-13-8-9-21(11-13)12-16(22)15-10-14(24-4)6-7-17(15)25-5/h6-7,10,13H,8-9,11-12H2,1-5H3,(H,20,23). The predicted octanol–water partition coefficient (Wildman–Crippen LogP) is 2.49. The normalized spacial score (nSPS) is 17.7. The van der Waals surface area contributed by atoms with Crippen molar-refractivity contribution in [2.24, 2.45) is 0 Å². The fourth-order valence-corrected chi connectivity index (χ4v) is 2.89. The molecule has 1 heterocycles. The van der Waals surface area contributed by atoms with Crippen LogP contribution in [0, 0.1) is 0 Å². The van der Waals surface area contributed by atoms with Crippen molar-refractivity contribution >= 4 is 11.9 Å². The van der Waals surface area contributed by atoms with Crippen LogP contribution in [-0.4, -0.2) is 62.3 Å². The number of amides is 1. The van der Waals surface area contributed by atoms with Crippen molar-refractivity contribution < 1.29 is 23.8 Å². The summed E-state index contributed by atoms with van der Waals surface area (Å²) >= 11 is 0. The van der Waals surface area contributed by atoms with E-state index >= 15 is 0 Å². The Balaban J connectivity index is 1.92. The number of carbonyl (C=O) groups excluding carboxylic acids is 2. The van der Waals surface area contributed by atoms with Crippen molar-refractivity contribution in [3.63, 3.8) is 0 Å². The molecular weight excluding hydrogens is 336 g/mol. The van der Waals surface area contributed by atoms with E-state index in [0.29, 0.717) is 23.6 Å². The highest BCUT2D eigenvalue weighted by Crippen LogP contribution is 2.25. The van der Waals surface area contributed by atoms with Gasteiger partial charge in [0.15, 0.2) is 5.78 Å². The van der Waals surface area contributed by atoms with Crippen molar-refractivity contribution in [2.45, 2.75) is 38.8 Å². The van der Waals surface area contributed by atoms with Crippen LogP contribution in [-0.2, 0) is 4.74 Å². The van der Waals surface area contributed by atoms with E-state index in [1.807, 2.05) is 25.7 Å². The molecule has 0 bridgehead atoms. The summed E-state index contributed by atoms with van der Waals surface area (Å²) in [6, 6.07) is 5.15. The Morgan fingerprint density at radius 3 is 2.58 bits per heavy atom. The van der Waals surface area contributed by atoms with Gasteiger partial charge in [-0.05, 0) is 45.4 Å². The first kappa shape index (κ1) is 20.0. The summed E-state index contributed by atoms with van der Waals surface area (Å²) < 4.78 is 15.7. The second-order valence-corrected chi connectivity index (χ2v) is 7.36. The second kappa shape index (κ2) is 8.40. The molecule has 1 amide bonds. The van der Waals surface area contributed by atoms with Gasteiger partial charge in [-0.15, -0.1) is 0 Å². The Labute approximate surface area is 154 Å². The molecule has 1 unspecified atom stereocenters. The van der Waals surface area contributed by atoms with Crippen LogP contribution in [0.25, 0.3) is 0 Å². The summed E-state index contributed by atoms with van der Waals surface area (Å²) in [6.45, 7) is 7.08. The van der Waals surface area contributed by atoms with Crippen LogP contribution in [0.5, 0.6) is 11.5 Å². The highest BCUT2D eigenvalue weighted by Gasteiger charge is 2.28. The van der Waals surface area contributed by atoms with Gasteiger partial charge in [0, 0.05) is 19.1 Å². The van der Waals surface area contributed by atoms with Crippen LogP contribution in [0.1, 0.15) is 37.6 Å². The molecule has 0 aliphatic carbocycles. The summed E-state index contributed by atoms with van der Waals surface area (Å²) in [5, 5.41) is 2.86. The summed E-state index contributed by atoms with van der Waals surface area (Å²) in [6.07, 6.45) is 0.354. The molecule has 26 heavy (non-hydrogen) atoms. The number of likely N-dealkylation sites (tertiary alicyclic amines) is 1. The number of alkyl carbamates (subject to hydrolysis) is 1. The molecule has 0 radical (unpaired) electrons. The Kier molecular flexibility index (Phi) is 6.47. The third-order valence-corrected chi connectivity index (χ3v) is 4.07. The molecule has 7 nitrogen and oxygen atoms in total. The Morgan fingerprint density at radius 2 is 1.96 bits per heavy atom. The highest BCUT2D eigenvalue weighted by molar-refractivity contribution is 6.00. The number of hydrogen-bond acceptors (Lipinski definition) is 6. The van der Waals surface area contributed by atoms with E-state index in [0.717, 1.165) is 13.0 Å². The summed E-state index contributed by atoms with van der Waals surface area (Å²) in [4.78, 5) is 26.6. The third-order valence-electron chi connectivity index (χ3n) is 4.07. The number of rotatable bonds is 6. The predicted molar refractivity (Wildman–Crippen MR) is 98.1 cm³/mol. The average molecular weight is 364 g/mol. The van der Waals surface area contributed by atoms with E-state index in [9.17, 15) is 9.59 Å². The quantitative estimate of drug-likeness (QED) is 0.782. The second-order valence-electron chi connectivity index (χ2n) is 7.36. The zero-order valence-electron chi connectivity index (χ0n) is 16.1. The molecule has 1 aliphatic rings. The SMILES string of the molecule is COc1ccc(OC)c(C(=O)CN2CCC(NC(=O)OC(C)(C)C)C2)c1. The van der Waals surface area contributed by atoms with Gasteiger partial charge in [-0.1, -0.05) is 0 Å². The molecule has 1 saturated heterocycles. The third kappa shape index (κ3) is 5.62. The molecule has 0 spiro atoms. The lowest BCUT2D eigenvalue weighted by Crippen LogP contribution is -2.41. The van der Waals surface area contributed by atoms with Crippen molar-refractivity contribution in [1.82, 2.24) is 10.2 Å². The molecule has 1 fully saturated rings. The number of benzene rings is 1. The van der Waals surface area contributed by atoms with Gasteiger partial charge in [-0.25, -0.2) is 4.79 Å². The van der Waals surface area contributed by atoms with Gasteiger partial charge in [0.25, 0.3) is 0 Å². The summed E-state index contributed by atoms with van der Waals surface area (Å²) in [7, 11) is 3.10. The smallest absolute Gasteiger partial charge is 0.407 e.